The highest BCUT2D eigenvalue weighted by Gasteiger charge is 2.18. The van der Waals surface area contributed by atoms with Crippen molar-refractivity contribution in [3.05, 3.63) is 63.3 Å². The van der Waals surface area contributed by atoms with E-state index in [4.69, 9.17) is 0 Å². The Morgan fingerprint density at radius 3 is 2.53 bits per heavy atom. The van der Waals surface area contributed by atoms with Gasteiger partial charge in [0.25, 0.3) is 11.5 Å². The Morgan fingerprint density at radius 2 is 1.87 bits per heavy atom. The summed E-state index contributed by atoms with van der Waals surface area (Å²) < 4.78 is 0. The first-order valence-corrected chi connectivity index (χ1v) is 10.1. The monoisotopic (exact) mass is 406 g/mol. The zero-order chi connectivity index (χ0) is 21.3. The largest absolute Gasteiger partial charge is 0.368 e. The number of pyridine rings is 3. The average molecular weight is 406 g/mol. The Bertz CT molecular complexity index is 1130. The number of rotatable bonds is 4. The van der Waals surface area contributed by atoms with E-state index in [9.17, 15) is 9.59 Å². The number of hydrogen-bond donors (Lipinski definition) is 2. The third-order valence-electron chi connectivity index (χ3n) is 5.80. The van der Waals surface area contributed by atoms with Gasteiger partial charge in [0, 0.05) is 51.5 Å². The van der Waals surface area contributed by atoms with Gasteiger partial charge in [0.2, 0.25) is 0 Å². The second-order valence-corrected chi connectivity index (χ2v) is 7.69. The summed E-state index contributed by atoms with van der Waals surface area (Å²) in [7, 11) is 1.60. The lowest BCUT2D eigenvalue weighted by Crippen LogP contribution is -2.46. The van der Waals surface area contributed by atoms with Crippen LogP contribution in [0.5, 0.6) is 0 Å². The van der Waals surface area contributed by atoms with E-state index >= 15 is 0 Å². The molecule has 4 rings (SSSR count). The molecule has 1 aliphatic heterocycles. The molecule has 2 N–H and O–H groups in total. The number of H-pyrrole nitrogens is 1. The lowest BCUT2D eigenvalue weighted by molar-refractivity contribution is 0.0958. The average Bonchev–Trinajstić information content (AvgIpc) is 2.77. The predicted octanol–water partition coefficient (Wildman–Crippen LogP) is 1.62. The number of piperazine rings is 1. The normalized spacial score (nSPS) is 14.8. The maximum Gasteiger partial charge on any atom is 0.269 e. The Balaban J connectivity index is 1.40. The maximum absolute atomic E-state index is 12.1. The van der Waals surface area contributed by atoms with Gasteiger partial charge in [-0.3, -0.25) is 19.5 Å². The van der Waals surface area contributed by atoms with Crippen LogP contribution < -0.4 is 15.8 Å². The van der Waals surface area contributed by atoms with Gasteiger partial charge < -0.3 is 15.2 Å². The predicted molar refractivity (Wildman–Crippen MR) is 117 cm³/mol. The van der Waals surface area contributed by atoms with Gasteiger partial charge in [0.1, 0.15) is 5.69 Å². The minimum atomic E-state index is -0.179. The highest BCUT2D eigenvalue weighted by atomic mass is 16.1. The van der Waals surface area contributed by atoms with Crippen molar-refractivity contribution < 1.29 is 4.79 Å². The summed E-state index contributed by atoms with van der Waals surface area (Å²) in [6.07, 6.45) is 3.66. The molecular weight excluding hydrogens is 380 g/mol. The molecule has 8 nitrogen and oxygen atoms in total. The summed E-state index contributed by atoms with van der Waals surface area (Å²) in [5, 5.41) is 2.58. The van der Waals surface area contributed by atoms with Gasteiger partial charge in [-0.2, -0.15) is 0 Å². The highest BCUT2D eigenvalue weighted by molar-refractivity contribution is 5.92. The van der Waals surface area contributed by atoms with Crippen LogP contribution in [0.1, 0.15) is 27.2 Å². The SMILES string of the molecule is CNC(=O)c1ccc(N2CCN(Cc3cnc4c(C)c(C)c(=O)[nH]c4c3)CC2)cn1. The molecule has 0 saturated carbocycles. The molecule has 3 aromatic heterocycles. The number of nitrogens with one attached hydrogen (secondary N) is 2. The van der Waals surface area contributed by atoms with E-state index in [1.807, 2.05) is 32.2 Å². The Kier molecular flexibility index (Phi) is 5.50. The standard InChI is InChI=1S/C22H26N6O2/c1-14-15(2)21(29)26-19-10-16(11-25-20(14)19)13-27-6-8-28(9-7-27)17-4-5-18(24-12-17)22(30)23-3/h4-5,10-12H,6-9,13H2,1-3H3,(H,23,30)(H,26,29). The topological polar surface area (TPSA) is 94.2 Å². The fourth-order valence-corrected chi connectivity index (χ4v) is 3.81. The van der Waals surface area contributed by atoms with Gasteiger partial charge in [-0.25, -0.2) is 4.98 Å². The zero-order valence-corrected chi connectivity index (χ0v) is 17.5. The molecule has 0 spiro atoms. The summed E-state index contributed by atoms with van der Waals surface area (Å²) in [4.78, 5) is 40.2. The molecule has 0 radical (unpaired) electrons. The number of amides is 1. The van der Waals surface area contributed by atoms with Crippen molar-refractivity contribution in [1.29, 1.82) is 0 Å². The van der Waals surface area contributed by atoms with E-state index in [-0.39, 0.29) is 11.5 Å². The molecule has 0 bridgehead atoms. The second-order valence-electron chi connectivity index (χ2n) is 7.69. The lowest BCUT2D eigenvalue weighted by atomic mass is 10.1. The second kappa shape index (κ2) is 8.23. The summed E-state index contributed by atoms with van der Waals surface area (Å²) in [5.41, 5.74) is 5.79. The number of fused-ring (bicyclic) bond motifs is 1. The minimum absolute atomic E-state index is 0.0522. The van der Waals surface area contributed by atoms with Crippen LogP contribution in [0.15, 0.2) is 35.4 Å². The summed E-state index contributed by atoms with van der Waals surface area (Å²) >= 11 is 0. The number of aromatic amines is 1. The third-order valence-corrected chi connectivity index (χ3v) is 5.80. The van der Waals surface area contributed by atoms with Gasteiger partial charge in [-0.05, 0) is 43.2 Å². The molecule has 0 aliphatic carbocycles. The van der Waals surface area contributed by atoms with Crippen molar-refractivity contribution >= 4 is 22.6 Å². The van der Waals surface area contributed by atoms with Crippen molar-refractivity contribution in [3.8, 4) is 0 Å². The zero-order valence-electron chi connectivity index (χ0n) is 17.5. The quantitative estimate of drug-likeness (QED) is 0.684. The van der Waals surface area contributed by atoms with Gasteiger partial charge in [-0.1, -0.05) is 0 Å². The molecule has 8 heteroatoms. The summed E-state index contributed by atoms with van der Waals surface area (Å²) in [6, 6.07) is 5.73. The molecule has 1 aliphatic rings. The molecule has 156 valence electrons. The lowest BCUT2D eigenvalue weighted by Gasteiger charge is -2.36. The van der Waals surface area contributed by atoms with Crippen molar-refractivity contribution in [1.82, 2.24) is 25.2 Å². The van der Waals surface area contributed by atoms with Crippen LogP contribution >= 0.6 is 0 Å². The molecule has 1 fully saturated rings. The molecule has 0 aromatic carbocycles. The first-order chi connectivity index (χ1) is 14.5. The van der Waals surface area contributed by atoms with Crippen LogP contribution in [0.25, 0.3) is 11.0 Å². The molecule has 1 amide bonds. The number of nitrogens with zero attached hydrogens (tertiary/aromatic N) is 4. The van der Waals surface area contributed by atoms with Crippen LogP contribution in [-0.2, 0) is 6.54 Å². The van der Waals surface area contributed by atoms with Gasteiger partial charge in [0.05, 0.1) is 22.9 Å². The first-order valence-electron chi connectivity index (χ1n) is 10.1. The number of hydrogen-bond acceptors (Lipinski definition) is 6. The van der Waals surface area contributed by atoms with Gasteiger partial charge in [0.15, 0.2) is 0 Å². The Morgan fingerprint density at radius 1 is 1.10 bits per heavy atom. The van der Waals surface area contributed by atoms with Crippen LogP contribution in [0.3, 0.4) is 0 Å². The molecule has 0 unspecified atom stereocenters. The Hall–Kier alpha value is -3.26. The number of carbonyl (C=O) groups is 1. The number of anilines is 1. The van der Waals surface area contributed by atoms with Crippen LogP contribution in [0.2, 0.25) is 0 Å². The van der Waals surface area contributed by atoms with E-state index in [0.717, 1.165) is 66.1 Å². The molecule has 1 saturated heterocycles. The molecule has 3 aromatic rings. The van der Waals surface area contributed by atoms with Crippen molar-refractivity contribution in [3.63, 3.8) is 0 Å². The van der Waals surface area contributed by atoms with Crippen molar-refractivity contribution in [2.24, 2.45) is 0 Å². The van der Waals surface area contributed by atoms with Crippen LogP contribution in [-0.4, -0.2) is 59.0 Å². The summed E-state index contributed by atoms with van der Waals surface area (Å²) in [5.74, 6) is -0.179. The third kappa shape index (κ3) is 3.91. The highest BCUT2D eigenvalue weighted by Crippen LogP contribution is 2.19. The van der Waals surface area contributed by atoms with Gasteiger partial charge >= 0.3 is 0 Å². The van der Waals surface area contributed by atoms with E-state index < -0.39 is 0 Å². The number of aryl methyl sites for hydroxylation is 1. The minimum Gasteiger partial charge on any atom is -0.368 e. The van der Waals surface area contributed by atoms with E-state index in [1.54, 1.807) is 19.3 Å². The Labute approximate surface area is 175 Å². The molecular formula is C22H26N6O2. The maximum atomic E-state index is 12.1. The smallest absolute Gasteiger partial charge is 0.269 e. The molecule has 4 heterocycles. The van der Waals surface area contributed by atoms with E-state index in [0.29, 0.717) is 5.69 Å². The van der Waals surface area contributed by atoms with Crippen LogP contribution in [0, 0.1) is 13.8 Å². The molecule has 30 heavy (non-hydrogen) atoms. The van der Waals surface area contributed by atoms with Crippen molar-refractivity contribution in [2.45, 2.75) is 20.4 Å². The summed E-state index contributed by atoms with van der Waals surface area (Å²) in [6.45, 7) is 8.16. The number of carbonyl (C=O) groups excluding carboxylic acids is 1. The fraction of sp³-hybridized carbons (Fsp3) is 0.364. The van der Waals surface area contributed by atoms with E-state index in [2.05, 4.69) is 30.1 Å². The number of aromatic nitrogens is 3. The van der Waals surface area contributed by atoms with Gasteiger partial charge in [-0.15, -0.1) is 0 Å². The van der Waals surface area contributed by atoms with E-state index in [1.165, 1.54) is 0 Å². The first kappa shape index (κ1) is 20.0. The van der Waals surface area contributed by atoms with Crippen molar-refractivity contribution in [2.75, 3.05) is 38.1 Å². The van der Waals surface area contributed by atoms with Crippen LogP contribution in [0.4, 0.5) is 5.69 Å². The molecule has 0 atom stereocenters. The fourth-order valence-electron chi connectivity index (χ4n) is 3.81.